The maximum absolute atomic E-state index is 2.72. The molecule has 0 N–H and O–H groups in total. The molecule has 260 valence electrons. The lowest BCUT2D eigenvalue weighted by Crippen LogP contribution is -2.73. The number of anilines is 3. The third-order valence-corrected chi connectivity index (χ3v) is 16.8. The highest BCUT2D eigenvalue weighted by Crippen LogP contribution is 2.90. The molecule has 0 aromatic heterocycles. The van der Waals surface area contributed by atoms with Crippen LogP contribution in [0.15, 0.2) is 103 Å². The minimum absolute atomic E-state index is 0.0596. The molecular formula is C51H51N. The molecule has 2 spiro atoms. The number of benzene rings is 5. The van der Waals surface area contributed by atoms with Gasteiger partial charge in [-0.3, -0.25) is 0 Å². The largest absolute Gasteiger partial charge is 0.310 e. The van der Waals surface area contributed by atoms with Crippen LogP contribution in [-0.2, 0) is 21.7 Å². The highest BCUT2D eigenvalue weighted by Gasteiger charge is 2.85. The SMILES string of the molecule is CC1(C)CCC(C)(C)c2cc(N(c3ccc4c(c3)C(C)(C)c3ccccc3-4)c3cccc4c3C3(c5ccccc5-4)C4CC5CC6CC3C64C5)ccc21. The number of rotatable bonds is 3. The van der Waals surface area contributed by atoms with Gasteiger partial charge in [-0.2, -0.15) is 0 Å². The highest BCUT2D eigenvalue weighted by molar-refractivity contribution is 5.93. The van der Waals surface area contributed by atoms with Gasteiger partial charge in [0.15, 0.2) is 0 Å². The first-order valence-electron chi connectivity index (χ1n) is 20.4. The van der Waals surface area contributed by atoms with E-state index in [2.05, 4.69) is 150 Å². The van der Waals surface area contributed by atoms with Crippen molar-refractivity contribution in [3.05, 3.63) is 137 Å². The fourth-order valence-electron chi connectivity index (χ4n) is 14.5. The van der Waals surface area contributed by atoms with Crippen LogP contribution in [0.4, 0.5) is 17.1 Å². The zero-order chi connectivity index (χ0) is 35.2. The van der Waals surface area contributed by atoms with Crippen LogP contribution in [0.2, 0.25) is 0 Å². The summed E-state index contributed by atoms with van der Waals surface area (Å²) in [6.07, 6.45) is 8.28. The summed E-state index contributed by atoms with van der Waals surface area (Å²) < 4.78 is 0. The van der Waals surface area contributed by atoms with Crippen LogP contribution in [0.25, 0.3) is 22.3 Å². The van der Waals surface area contributed by atoms with Crippen molar-refractivity contribution in [2.75, 3.05) is 4.90 Å². The molecule has 0 aliphatic heterocycles. The lowest BCUT2D eigenvalue weighted by Gasteiger charge is -2.76. The molecule has 7 aliphatic carbocycles. The van der Waals surface area contributed by atoms with Gasteiger partial charge in [-0.25, -0.2) is 0 Å². The molecule has 5 aromatic rings. The zero-order valence-electron chi connectivity index (χ0n) is 31.8. The maximum atomic E-state index is 2.72. The van der Waals surface area contributed by atoms with Crippen molar-refractivity contribution in [3.63, 3.8) is 0 Å². The van der Waals surface area contributed by atoms with Crippen LogP contribution >= 0.6 is 0 Å². The molecule has 0 amide bonds. The Morgan fingerprint density at radius 2 is 1.13 bits per heavy atom. The zero-order valence-corrected chi connectivity index (χ0v) is 31.8. The molecule has 52 heavy (non-hydrogen) atoms. The average Bonchev–Trinajstić information content (AvgIpc) is 3.83. The summed E-state index contributed by atoms with van der Waals surface area (Å²) in [6, 6.07) is 41.1. The lowest BCUT2D eigenvalue weighted by molar-refractivity contribution is -0.231. The number of fused-ring (bicyclic) bond motifs is 12. The summed E-state index contributed by atoms with van der Waals surface area (Å²) in [5.74, 6) is 3.44. The van der Waals surface area contributed by atoms with Gasteiger partial charge < -0.3 is 4.90 Å². The predicted molar refractivity (Wildman–Crippen MR) is 215 cm³/mol. The Kier molecular flexibility index (Phi) is 5.45. The van der Waals surface area contributed by atoms with Gasteiger partial charge in [0.1, 0.15) is 0 Å². The average molecular weight is 678 g/mol. The Bertz CT molecular complexity index is 2410. The molecule has 6 unspecified atom stereocenters. The summed E-state index contributed by atoms with van der Waals surface area (Å²) in [6.45, 7) is 14.7. The molecule has 0 saturated heterocycles. The van der Waals surface area contributed by atoms with E-state index in [1.807, 2.05) is 0 Å². The Balaban J connectivity index is 1.13. The van der Waals surface area contributed by atoms with E-state index in [1.54, 1.807) is 11.1 Å². The van der Waals surface area contributed by atoms with Gasteiger partial charge in [-0.1, -0.05) is 114 Å². The molecule has 4 saturated carbocycles. The first-order chi connectivity index (χ1) is 25.0. The van der Waals surface area contributed by atoms with Crippen LogP contribution < -0.4 is 4.90 Å². The molecular weight excluding hydrogens is 627 g/mol. The quantitative estimate of drug-likeness (QED) is 0.184. The molecule has 6 atom stereocenters. The van der Waals surface area contributed by atoms with E-state index in [-0.39, 0.29) is 21.7 Å². The van der Waals surface area contributed by atoms with E-state index in [0.29, 0.717) is 5.41 Å². The molecule has 0 heterocycles. The first kappa shape index (κ1) is 30.4. The predicted octanol–water partition coefficient (Wildman–Crippen LogP) is 13.1. The van der Waals surface area contributed by atoms with Crippen molar-refractivity contribution in [3.8, 4) is 22.3 Å². The summed E-state index contributed by atoms with van der Waals surface area (Å²) in [5, 5.41) is 0. The van der Waals surface area contributed by atoms with Crippen molar-refractivity contribution in [1.29, 1.82) is 0 Å². The monoisotopic (exact) mass is 677 g/mol. The highest BCUT2D eigenvalue weighted by atomic mass is 15.1. The second-order valence-electron chi connectivity index (χ2n) is 20.0. The molecule has 0 radical (unpaired) electrons. The van der Waals surface area contributed by atoms with Gasteiger partial charge in [0.25, 0.3) is 0 Å². The summed E-state index contributed by atoms with van der Waals surface area (Å²) >= 11 is 0. The van der Waals surface area contributed by atoms with E-state index < -0.39 is 0 Å². The van der Waals surface area contributed by atoms with Crippen molar-refractivity contribution < 1.29 is 0 Å². The van der Waals surface area contributed by atoms with E-state index in [4.69, 9.17) is 0 Å². The van der Waals surface area contributed by atoms with E-state index in [1.165, 1.54) is 100 Å². The van der Waals surface area contributed by atoms with Gasteiger partial charge >= 0.3 is 0 Å². The van der Waals surface area contributed by atoms with Gasteiger partial charge in [0, 0.05) is 22.2 Å². The van der Waals surface area contributed by atoms with Crippen molar-refractivity contribution >= 4 is 17.1 Å². The van der Waals surface area contributed by atoms with E-state index in [0.717, 1.165) is 23.7 Å². The van der Waals surface area contributed by atoms with Crippen LogP contribution in [0.5, 0.6) is 0 Å². The molecule has 7 aliphatic rings. The maximum Gasteiger partial charge on any atom is 0.0509 e. The molecule has 1 heteroatoms. The van der Waals surface area contributed by atoms with Crippen molar-refractivity contribution in [2.24, 2.45) is 29.1 Å². The molecule has 2 bridgehead atoms. The summed E-state index contributed by atoms with van der Waals surface area (Å²) in [5.41, 5.74) is 20.0. The fourth-order valence-corrected chi connectivity index (χ4v) is 14.5. The standard InChI is InChI=1S/C51H51N/c1-47(2)22-23-48(3,4)42-28-33(19-21-40(42)47)52(32-18-20-36-34-12-7-9-15-38(34)49(5,6)41(36)27-32)43-17-11-14-37-35-13-8-10-16-39(35)51(46(37)43)44-25-30-24-31-26-45(51)50(31,44)29-30/h7-21,27-28,30-31,44-45H,22-26,29H2,1-6H3. The Morgan fingerprint density at radius 3 is 1.90 bits per heavy atom. The third kappa shape index (κ3) is 3.28. The van der Waals surface area contributed by atoms with Crippen LogP contribution in [0.3, 0.4) is 0 Å². The van der Waals surface area contributed by atoms with Gasteiger partial charge in [0.2, 0.25) is 0 Å². The van der Waals surface area contributed by atoms with Gasteiger partial charge in [0.05, 0.1) is 5.69 Å². The second kappa shape index (κ2) is 9.33. The van der Waals surface area contributed by atoms with Crippen molar-refractivity contribution in [2.45, 2.75) is 102 Å². The Labute approximate surface area is 310 Å². The minimum Gasteiger partial charge on any atom is -0.310 e. The van der Waals surface area contributed by atoms with Crippen LogP contribution in [-0.4, -0.2) is 0 Å². The van der Waals surface area contributed by atoms with Crippen LogP contribution in [0, 0.1) is 29.1 Å². The second-order valence-corrected chi connectivity index (χ2v) is 20.0. The number of hydrogen-bond donors (Lipinski definition) is 0. The third-order valence-electron chi connectivity index (χ3n) is 16.8. The summed E-state index contributed by atoms with van der Waals surface area (Å²) in [7, 11) is 0. The summed E-state index contributed by atoms with van der Waals surface area (Å²) in [4.78, 5) is 2.72. The Hall–Kier alpha value is -4.10. The topological polar surface area (TPSA) is 3.24 Å². The fraction of sp³-hybridized carbons (Fsp3) is 0.412. The van der Waals surface area contributed by atoms with E-state index in [9.17, 15) is 0 Å². The molecule has 4 fully saturated rings. The van der Waals surface area contributed by atoms with Crippen LogP contribution in [0.1, 0.15) is 113 Å². The Morgan fingerprint density at radius 1 is 0.519 bits per heavy atom. The first-order valence-corrected chi connectivity index (χ1v) is 20.4. The normalized spacial score (nSPS) is 31.8. The number of hydrogen-bond acceptors (Lipinski definition) is 1. The molecule has 1 nitrogen and oxygen atoms in total. The minimum atomic E-state index is -0.0596. The molecule has 12 rings (SSSR count). The van der Waals surface area contributed by atoms with E-state index >= 15 is 0 Å². The van der Waals surface area contributed by atoms with Gasteiger partial charge in [-0.15, -0.1) is 0 Å². The van der Waals surface area contributed by atoms with Gasteiger partial charge in [-0.05, 0) is 164 Å². The lowest BCUT2D eigenvalue weighted by atomic mass is 9.26. The number of nitrogens with zero attached hydrogens (tertiary/aromatic N) is 1. The smallest absolute Gasteiger partial charge is 0.0509 e. The van der Waals surface area contributed by atoms with Crippen molar-refractivity contribution in [1.82, 2.24) is 0 Å². The molecule has 5 aromatic carbocycles.